The summed E-state index contributed by atoms with van der Waals surface area (Å²) >= 11 is 0. The Morgan fingerprint density at radius 1 is 1.30 bits per heavy atom. The number of fused-ring (bicyclic) bond motifs is 1. The maximum Gasteiger partial charge on any atom is 0.227 e. The first-order chi connectivity index (χ1) is 9.75. The first-order valence-corrected chi connectivity index (χ1v) is 6.72. The van der Waals surface area contributed by atoms with Gasteiger partial charge >= 0.3 is 0 Å². The Labute approximate surface area is 117 Å². The zero-order chi connectivity index (χ0) is 13.9. The third-order valence-corrected chi connectivity index (χ3v) is 3.47. The lowest BCUT2D eigenvalue weighted by Gasteiger charge is -2.11. The van der Waals surface area contributed by atoms with E-state index in [4.69, 9.17) is 8.94 Å². The van der Waals surface area contributed by atoms with Crippen LogP contribution < -0.4 is 5.32 Å². The van der Waals surface area contributed by atoms with Crippen molar-refractivity contribution < 1.29 is 8.94 Å². The molecule has 3 aromatic rings. The maximum atomic E-state index is 5.93. The summed E-state index contributed by atoms with van der Waals surface area (Å²) in [6.45, 7) is 4.95. The Balaban J connectivity index is 1.69. The van der Waals surface area contributed by atoms with Crippen LogP contribution in [0.25, 0.3) is 11.0 Å². The average Bonchev–Trinajstić information content (AvgIpc) is 3.08. The van der Waals surface area contributed by atoms with Gasteiger partial charge in [-0.1, -0.05) is 23.4 Å². The van der Waals surface area contributed by atoms with Crippen LogP contribution in [-0.4, -0.2) is 16.7 Å². The molecule has 0 radical (unpaired) electrons. The van der Waals surface area contributed by atoms with Gasteiger partial charge < -0.3 is 14.3 Å². The Hall–Kier alpha value is -2.14. The number of aryl methyl sites for hydroxylation is 1. The van der Waals surface area contributed by atoms with E-state index in [-0.39, 0.29) is 6.04 Å². The molecule has 20 heavy (non-hydrogen) atoms. The molecule has 0 aliphatic heterocycles. The Morgan fingerprint density at radius 2 is 2.15 bits per heavy atom. The molecule has 5 nitrogen and oxygen atoms in total. The van der Waals surface area contributed by atoms with Gasteiger partial charge in [0, 0.05) is 18.4 Å². The number of benzene rings is 1. The fourth-order valence-corrected chi connectivity index (χ4v) is 2.40. The normalized spacial score (nSPS) is 12.9. The lowest BCUT2D eigenvalue weighted by molar-refractivity contribution is 0.369. The highest BCUT2D eigenvalue weighted by atomic mass is 16.5. The van der Waals surface area contributed by atoms with Gasteiger partial charge in [0.2, 0.25) is 5.89 Å². The summed E-state index contributed by atoms with van der Waals surface area (Å²) in [6, 6.07) is 8.25. The van der Waals surface area contributed by atoms with Crippen LogP contribution >= 0.6 is 0 Å². The van der Waals surface area contributed by atoms with Gasteiger partial charge in [0.25, 0.3) is 0 Å². The smallest absolute Gasteiger partial charge is 0.227 e. The van der Waals surface area contributed by atoms with E-state index < -0.39 is 0 Å². The number of nitrogens with zero attached hydrogens (tertiary/aromatic N) is 2. The van der Waals surface area contributed by atoms with Gasteiger partial charge in [-0.15, -0.1) is 0 Å². The Kier molecular flexibility index (Phi) is 3.52. The number of hydrogen-bond donors (Lipinski definition) is 1. The van der Waals surface area contributed by atoms with E-state index in [9.17, 15) is 0 Å². The monoisotopic (exact) mass is 271 g/mol. The first kappa shape index (κ1) is 12.9. The van der Waals surface area contributed by atoms with Crippen LogP contribution in [0.4, 0.5) is 0 Å². The predicted molar refractivity (Wildman–Crippen MR) is 75.4 cm³/mol. The molecule has 2 heterocycles. The predicted octanol–water partition coefficient (Wildman–Crippen LogP) is 3.02. The summed E-state index contributed by atoms with van der Waals surface area (Å²) < 4.78 is 10.9. The minimum absolute atomic E-state index is 0.144. The fourth-order valence-electron chi connectivity index (χ4n) is 2.40. The Morgan fingerprint density at radius 3 is 2.90 bits per heavy atom. The highest BCUT2D eigenvalue weighted by Crippen LogP contribution is 2.28. The summed E-state index contributed by atoms with van der Waals surface area (Å²) in [6.07, 6.45) is 2.13. The molecule has 0 aliphatic carbocycles. The second-order valence-electron chi connectivity index (χ2n) is 4.85. The number of furan rings is 1. The quantitative estimate of drug-likeness (QED) is 0.772. The van der Waals surface area contributed by atoms with Crippen molar-refractivity contribution in [1.29, 1.82) is 0 Å². The molecule has 3 rings (SSSR count). The topological polar surface area (TPSA) is 64.1 Å². The molecular weight excluding hydrogens is 254 g/mol. The van der Waals surface area contributed by atoms with Crippen molar-refractivity contribution in [3.8, 4) is 0 Å². The second-order valence-corrected chi connectivity index (χ2v) is 4.85. The summed E-state index contributed by atoms with van der Waals surface area (Å²) in [7, 11) is 0. The average molecular weight is 271 g/mol. The molecule has 0 spiro atoms. The number of rotatable bonds is 5. The molecule has 5 heteroatoms. The number of hydrogen-bond acceptors (Lipinski definition) is 5. The summed E-state index contributed by atoms with van der Waals surface area (Å²) in [4.78, 5) is 4.00. The molecule has 1 unspecified atom stereocenters. The van der Waals surface area contributed by atoms with Crippen molar-refractivity contribution in [2.45, 2.75) is 26.3 Å². The highest BCUT2D eigenvalue weighted by molar-refractivity contribution is 5.82. The number of para-hydroxylation sites is 1. The summed E-state index contributed by atoms with van der Waals surface area (Å²) in [5.74, 6) is 1.63. The van der Waals surface area contributed by atoms with Gasteiger partial charge in [-0.3, -0.25) is 0 Å². The molecule has 0 bridgehead atoms. The van der Waals surface area contributed by atoms with Crippen molar-refractivity contribution in [3.05, 3.63) is 47.8 Å². The van der Waals surface area contributed by atoms with E-state index in [1.165, 1.54) is 17.3 Å². The minimum Gasteiger partial charge on any atom is -0.459 e. The number of aromatic nitrogens is 2. The van der Waals surface area contributed by atoms with E-state index in [0.717, 1.165) is 17.9 Å². The molecule has 0 amide bonds. The van der Waals surface area contributed by atoms with Gasteiger partial charge in [-0.25, -0.2) is 0 Å². The van der Waals surface area contributed by atoms with Gasteiger partial charge in [0.15, 0.2) is 6.33 Å². The maximum absolute atomic E-state index is 5.93. The molecule has 0 aliphatic rings. The van der Waals surface area contributed by atoms with Crippen molar-refractivity contribution in [2.75, 3.05) is 6.54 Å². The first-order valence-electron chi connectivity index (χ1n) is 6.72. The van der Waals surface area contributed by atoms with Crippen LogP contribution in [-0.2, 0) is 6.42 Å². The standard InChI is InChI=1S/C15H17N3O2/c1-10-12-5-3-4-6-13(12)19-15(10)11(2)16-8-7-14-17-9-18-20-14/h3-6,9,11,16H,7-8H2,1-2H3. The SMILES string of the molecule is Cc1c(C(C)NCCc2ncno2)oc2ccccc12. The van der Waals surface area contributed by atoms with Crippen LogP contribution in [0, 0.1) is 6.92 Å². The van der Waals surface area contributed by atoms with Crippen molar-refractivity contribution in [2.24, 2.45) is 0 Å². The molecular formula is C15H17N3O2. The number of nitrogens with one attached hydrogen (secondary N) is 1. The van der Waals surface area contributed by atoms with E-state index in [2.05, 4.69) is 35.4 Å². The molecule has 0 saturated carbocycles. The Bertz CT molecular complexity index is 688. The third-order valence-electron chi connectivity index (χ3n) is 3.47. The zero-order valence-corrected chi connectivity index (χ0v) is 11.6. The van der Waals surface area contributed by atoms with Crippen LogP contribution in [0.3, 0.4) is 0 Å². The van der Waals surface area contributed by atoms with Crippen LogP contribution in [0.2, 0.25) is 0 Å². The van der Waals surface area contributed by atoms with Gasteiger partial charge in [0.05, 0.1) is 6.04 Å². The van der Waals surface area contributed by atoms with Crippen LogP contribution in [0.1, 0.15) is 30.2 Å². The minimum atomic E-state index is 0.144. The summed E-state index contributed by atoms with van der Waals surface area (Å²) in [5, 5.41) is 8.18. The summed E-state index contributed by atoms with van der Waals surface area (Å²) in [5.41, 5.74) is 2.13. The van der Waals surface area contributed by atoms with Crippen molar-refractivity contribution in [1.82, 2.24) is 15.5 Å². The highest BCUT2D eigenvalue weighted by Gasteiger charge is 2.15. The molecule has 1 atom stereocenters. The fraction of sp³-hybridized carbons (Fsp3) is 0.333. The third kappa shape index (κ3) is 2.44. The molecule has 104 valence electrons. The zero-order valence-electron chi connectivity index (χ0n) is 11.6. The van der Waals surface area contributed by atoms with Gasteiger partial charge in [-0.05, 0) is 25.5 Å². The van der Waals surface area contributed by atoms with E-state index >= 15 is 0 Å². The molecule has 0 saturated heterocycles. The molecule has 1 aromatic carbocycles. The van der Waals surface area contributed by atoms with Crippen LogP contribution in [0.15, 0.2) is 39.5 Å². The van der Waals surface area contributed by atoms with Gasteiger partial charge in [-0.2, -0.15) is 4.98 Å². The molecule has 0 fully saturated rings. The molecule has 2 aromatic heterocycles. The lowest BCUT2D eigenvalue weighted by atomic mass is 10.1. The van der Waals surface area contributed by atoms with Crippen molar-refractivity contribution in [3.63, 3.8) is 0 Å². The van der Waals surface area contributed by atoms with E-state index in [1.807, 2.05) is 18.2 Å². The van der Waals surface area contributed by atoms with E-state index in [0.29, 0.717) is 12.3 Å². The molecule has 1 N–H and O–H groups in total. The van der Waals surface area contributed by atoms with Gasteiger partial charge in [0.1, 0.15) is 11.3 Å². The lowest BCUT2D eigenvalue weighted by Crippen LogP contribution is -2.21. The van der Waals surface area contributed by atoms with Crippen molar-refractivity contribution >= 4 is 11.0 Å². The largest absolute Gasteiger partial charge is 0.459 e. The van der Waals surface area contributed by atoms with Crippen LogP contribution in [0.5, 0.6) is 0 Å². The second kappa shape index (κ2) is 5.46. The van der Waals surface area contributed by atoms with E-state index in [1.54, 1.807) is 0 Å².